The summed E-state index contributed by atoms with van der Waals surface area (Å²) in [7, 11) is 2.14. The fourth-order valence-corrected chi connectivity index (χ4v) is 4.55. The molecule has 0 bridgehead atoms. The summed E-state index contributed by atoms with van der Waals surface area (Å²) in [6.45, 7) is 7.58. The van der Waals surface area contributed by atoms with E-state index in [0.717, 1.165) is 73.3 Å². The van der Waals surface area contributed by atoms with Crippen molar-refractivity contribution in [2.75, 3.05) is 39.9 Å². The number of benzene rings is 1. The van der Waals surface area contributed by atoms with E-state index in [4.69, 9.17) is 9.47 Å². The van der Waals surface area contributed by atoms with Gasteiger partial charge in [0.2, 0.25) is 0 Å². The molecular formula is C24H33N3O3. The maximum Gasteiger partial charge on any atom is 0.260 e. The first-order chi connectivity index (χ1) is 14.5. The summed E-state index contributed by atoms with van der Waals surface area (Å²) in [6, 6.07) is 8.32. The van der Waals surface area contributed by atoms with Crippen LogP contribution in [0.2, 0.25) is 0 Å². The predicted octanol–water partition coefficient (Wildman–Crippen LogP) is 3.33. The molecule has 30 heavy (non-hydrogen) atoms. The van der Waals surface area contributed by atoms with Gasteiger partial charge in [-0.1, -0.05) is 11.6 Å². The summed E-state index contributed by atoms with van der Waals surface area (Å²) in [6.07, 6.45) is 4.28. The van der Waals surface area contributed by atoms with Gasteiger partial charge in [-0.2, -0.15) is 0 Å². The second-order valence-electron chi connectivity index (χ2n) is 8.79. The minimum atomic E-state index is 0.0472. The third-order valence-corrected chi connectivity index (χ3v) is 6.28. The maximum absolute atomic E-state index is 13.3. The van der Waals surface area contributed by atoms with Gasteiger partial charge < -0.3 is 19.3 Å². The lowest BCUT2D eigenvalue weighted by molar-refractivity contribution is -0.138. The van der Waals surface area contributed by atoms with Crippen molar-refractivity contribution in [3.05, 3.63) is 35.5 Å². The van der Waals surface area contributed by atoms with Crippen molar-refractivity contribution in [3.63, 3.8) is 0 Å². The van der Waals surface area contributed by atoms with Crippen molar-refractivity contribution in [2.24, 2.45) is 0 Å². The first-order valence-corrected chi connectivity index (χ1v) is 11.1. The summed E-state index contributed by atoms with van der Waals surface area (Å²) in [5, 5.41) is 0.957. The molecule has 0 saturated carbocycles. The highest BCUT2D eigenvalue weighted by atomic mass is 16.5. The summed E-state index contributed by atoms with van der Waals surface area (Å²) in [4.78, 5) is 22.2. The van der Waals surface area contributed by atoms with Crippen LogP contribution in [-0.2, 0) is 9.53 Å². The topological polar surface area (TPSA) is 54.9 Å². The van der Waals surface area contributed by atoms with Gasteiger partial charge in [0.15, 0.2) is 6.61 Å². The van der Waals surface area contributed by atoms with Gasteiger partial charge in [-0.05, 0) is 71.8 Å². The molecule has 4 rings (SSSR count). The molecule has 0 aliphatic carbocycles. The summed E-state index contributed by atoms with van der Waals surface area (Å²) in [5.41, 5.74) is 2.94. The van der Waals surface area contributed by atoms with Crippen molar-refractivity contribution in [1.29, 1.82) is 0 Å². The number of hydrogen-bond donors (Lipinski definition) is 0. The van der Waals surface area contributed by atoms with Gasteiger partial charge >= 0.3 is 0 Å². The normalized spacial score (nSPS) is 20.6. The van der Waals surface area contributed by atoms with Crippen LogP contribution in [0.4, 0.5) is 0 Å². The Labute approximate surface area is 179 Å². The largest absolute Gasteiger partial charge is 0.483 e. The highest BCUT2D eigenvalue weighted by Gasteiger charge is 2.30. The molecule has 1 aromatic carbocycles. The van der Waals surface area contributed by atoms with Crippen molar-refractivity contribution >= 4 is 16.8 Å². The fraction of sp³-hybridized carbons (Fsp3) is 0.583. The molecular weight excluding hydrogens is 378 g/mol. The number of likely N-dealkylation sites (tertiary alicyclic amines) is 1. The number of fused-ring (bicyclic) bond motifs is 1. The van der Waals surface area contributed by atoms with Crippen molar-refractivity contribution in [3.8, 4) is 5.75 Å². The molecule has 0 N–H and O–H groups in total. The number of aromatic nitrogens is 1. The van der Waals surface area contributed by atoms with Gasteiger partial charge in [-0.15, -0.1) is 0 Å². The van der Waals surface area contributed by atoms with Crippen LogP contribution in [0.5, 0.6) is 5.75 Å². The van der Waals surface area contributed by atoms with E-state index in [1.54, 1.807) is 0 Å². The number of nitrogens with zero attached hydrogens (tertiary/aromatic N) is 3. The Morgan fingerprint density at radius 3 is 2.77 bits per heavy atom. The summed E-state index contributed by atoms with van der Waals surface area (Å²) >= 11 is 0. The van der Waals surface area contributed by atoms with Crippen LogP contribution >= 0.6 is 0 Å². The Bertz CT molecular complexity index is 887. The van der Waals surface area contributed by atoms with Gasteiger partial charge in [0.05, 0.1) is 11.6 Å². The number of piperidine rings is 1. The zero-order valence-electron chi connectivity index (χ0n) is 18.4. The smallest absolute Gasteiger partial charge is 0.260 e. The van der Waals surface area contributed by atoms with Crippen LogP contribution in [0.25, 0.3) is 10.9 Å². The number of ether oxygens (including phenoxy) is 2. The second kappa shape index (κ2) is 9.31. The summed E-state index contributed by atoms with van der Waals surface area (Å²) < 4.78 is 11.9. The van der Waals surface area contributed by atoms with Gasteiger partial charge in [0.1, 0.15) is 5.75 Å². The van der Waals surface area contributed by atoms with E-state index in [9.17, 15) is 4.79 Å². The number of amides is 1. The Morgan fingerprint density at radius 1 is 1.23 bits per heavy atom. The first-order valence-electron chi connectivity index (χ1n) is 11.1. The number of carbonyl (C=O) groups excluding carboxylic acids is 1. The molecule has 1 amide bonds. The lowest BCUT2D eigenvalue weighted by atomic mass is 10.0. The van der Waals surface area contributed by atoms with Crippen LogP contribution in [0.15, 0.2) is 24.3 Å². The number of aryl methyl sites for hydroxylation is 2. The number of rotatable bonds is 6. The van der Waals surface area contributed by atoms with Gasteiger partial charge in [0, 0.05) is 36.3 Å². The highest BCUT2D eigenvalue weighted by Crippen LogP contribution is 2.27. The Morgan fingerprint density at radius 2 is 2.03 bits per heavy atom. The van der Waals surface area contributed by atoms with E-state index in [0.29, 0.717) is 6.54 Å². The van der Waals surface area contributed by atoms with Gasteiger partial charge in [-0.25, -0.2) is 0 Å². The van der Waals surface area contributed by atoms with Crippen LogP contribution < -0.4 is 4.74 Å². The van der Waals surface area contributed by atoms with E-state index < -0.39 is 0 Å². The predicted molar refractivity (Wildman–Crippen MR) is 118 cm³/mol. The molecule has 0 spiro atoms. The molecule has 2 aliphatic rings. The molecule has 2 aromatic rings. The van der Waals surface area contributed by atoms with Crippen LogP contribution in [0.3, 0.4) is 0 Å². The minimum absolute atomic E-state index is 0.0472. The molecule has 1 aromatic heterocycles. The Kier molecular flexibility index (Phi) is 6.54. The maximum atomic E-state index is 13.3. The molecule has 162 valence electrons. The third-order valence-electron chi connectivity index (χ3n) is 6.28. The second-order valence-corrected chi connectivity index (χ2v) is 8.79. The Balaban J connectivity index is 1.49. The average Bonchev–Trinajstić information content (AvgIpc) is 3.24. The van der Waals surface area contributed by atoms with E-state index in [2.05, 4.69) is 29.9 Å². The molecule has 6 nitrogen and oxygen atoms in total. The zero-order chi connectivity index (χ0) is 21.1. The van der Waals surface area contributed by atoms with E-state index >= 15 is 0 Å². The lowest BCUT2D eigenvalue weighted by Crippen LogP contribution is -2.50. The number of hydrogen-bond acceptors (Lipinski definition) is 5. The molecule has 3 heterocycles. The van der Waals surface area contributed by atoms with Crippen LogP contribution in [-0.4, -0.2) is 72.7 Å². The molecule has 0 radical (unpaired) electrons. The standard InChI is InChI=1S/C24H33N3O3/c1-17-6-7-22-21(13-17)23(14-18(2)25-22)30-16-24(28)27(15-20-5-4-12-29-20)19-8-10-26(3)11-9-19/h6-7,13-14,19-20H,4-5,8-12,15-16H2,1-3H3/t20-/m1/s1. The zero-order valence-corrected chi connectivity index (χ0v) is 18.4. The summed E-state index contributed by atoms with van der Waals surface area (Å²) in [5.74, 6) is 0.783. The lowest BCUT2D eigenvalue weighted by Gasteiger charge is -2.38. The number of pyridine rings is 1. The quantitative estimate of drug-likeness (QED) is 0.730. The van der Waals surface area contributed by atoms with Crippen molar-refractivity contribution < 1.29 is 14.3 Å². The SMILES string of the molecule is Cc1ccc2nc(C)cc(OCC(=O)N(C[C@H]3CCCO3)C3CCN(C)CC3)c2c1. The molecule has 2 saturated heterocycles. The van der Waals surface area contributed by atoms with Crippen LogP contribution in [0.1, 0.15) is 36.9 Å². The fourth-order valence-electron chi connectivity index (χ4n) is 4.55. The highest BCUT2D eigenvalue weighted by molar-refractivity contribution is 5.86. The van der Waals surface area contributed by atoms with E-state index in [1.165, 1.54) is 0 Å². The van der Waals surface area contributed by atoms with E-state index in [1.807, 2.05) is 30.0 Å². The number of carbonyl (C=O) groups is 1. The van der Waals surface area contributed by atoms with Gasteiger partial charge in [0.25, 0.3) is 5.91 Å². The monoisotopic (exact) mass is 411 g/mol. The first kappa shape index (κ1) is 21.1. The molecule has 6 heteroatoms. The van der Waals surface area contributed by atoms with Crippen LogP contribution in [0, 0.1) is 13.8 Å². The molecule has 1 atom stereocenters. The Hall–Kier alpha value is -2.18. The van der Waals surface area contributed by atoms with Crippen molar-refractivity contribution in [1.82, 2.24) is 14.8 Å². The molecule has 2 aliphatic heterocycles. The van der Waals surface area contributed by atoms with Crippen molar-refractivity contribution in [2.45, 2.75) is 51.7 Å². The average molecular weight is 412 g/mol. The third kappa shape index (κ3) is 4.93. The van der Waals surface area contributed by atoms with E-state index in [-0.39, 0.29) is 24.7 Å². The van der Waals surface area contributed by atoms with Gasteiger partial charge in [-0.3, -0.25) is 9.78 Å². The molecule has 2 fully saturated rings. The minimum Gasteiger partial charge on any atom is -0.483 e. The molecule has 0 unspecified atom stereocenters.